The van der Waals surface area contributed by atoms with Crippen LogP contribution in [0.3, 0.4) is 0 Å². The van der Waals surface area contributed by atoms with Crippen LogP contribution in [0.15, 0.2) is 30.3 Å². The minimum Gasteiger partial charge on any atom is -0.352 e. The monoisotopic (exact) mass is 244 g/mol. The Balaban J connectivity index is 1.53. The molecule has 0 aliphatic carbocycles. The summed E-state index contributed by atoms with van der Waals surface area (Å²) in [4.78, 5) is 12.2. The van der Waals surface area contributed by atoms with Gasteiger partial charge < -0.3 is 10.6 Å². The Hall–Kier alpha value is -1.35. The van der Waals surface area contributed by atoms with Crippen LogP contribution in [0.5, 0.6) is 0 Å². The number of hydrogen-bond donors (Lipinski definition) is 2. The van der Waals surface area contributed by atoms with Crippen molar-refractivity contribution in [3.05, 3.63) is 35.9 Å². The lowest BCUT2D eigenvalue weighted by Gasteiger charge is -2.28. The number of carbonyl (C=O) groups is 1. The van der Waals surface area contributed by atoms with E-state index in [4.69, 9.17) is 0 Å². The van der Waals surface area contributed by atoms with Crippen LogP contribution in [-0.2, 0) is 11.3 Å². The van der Waals surface area contributed by atoms with Crippen molar-refractivity contribution in [2.24, 2.45) is 5.92 Å². The second kappa shape index (κ2) is 5.11. The van der Waals surface area contributed by atoms with Gasteiger partial charge >= 0.3 is 0 Å². The van der Waals surface area contributed by atoms with Crippen molar-refractivity contribution in [1.29, 1.82) is 0 Å². The van der Waals surface area contributed by atoms with Crippen LogP contribution in [-0.4, -0.2) is 18.0 Å². The zero-order valence-electron chi connectivity index (χ0n) is 10.6. The Morgan fingerprint density at radius 1 is 1.17 bits per heavy atom. The zero-order valence-corrected chi connectivity index (χ0v) is 10.6. The maximum absolute atomic E-state index is 12.2. The molecular weight excluding hydrogens is 224 g/mol. The number of piperidine rings is 1. The molecule has 2 N–H and O–H groups in total. The number of rotatable bonds is 3. The smallest absolute Gasteiger partial charge is 0.223 e. The largest absolute Gasteiger partial charge is 0.352 e. The molecule has 3 heteroatoms. The molecule has 2 unspecified atom stereocenters. The highest BCUT2D eigenvalue weighted by Crippen LogP contribution is 2.30. The van der Waals surface area contributed by atoms with Crippen LogP contribution >= 0.6 is 0 Å². The first-order valence-electron chi connectivity index (χ1n) is 6.89. The van der Waals surface area contributed by atoms with Gasteiger partial charge in [0.05, 0.1) is 0 Å². The van der Waals surface area contributed by atoms with Crippen LogP contribution < -0.4 is 10.6 Å². The third-order valence-corrected chi connectivity index (χ3v) is 4.15. The summed E-state index contributed by atoms with van der Waals surface area (Å²) in [6, 6.07) is 11.3. The molecule has 0 aromatic heterocycles. The predicted octanol–water partition coefficient (Wildman–Crippen LogP) is 1.83. The lowest BCUT2D eigenvalue weighted by molar-refractivity contribution is -0.126. The SMILES string of the molecule is O=C(NCc1ccccc1)C1CC2CCC(C1)N2. The lowest BCUT2D eigenvalue weighted by Crippen LogP contribution is -2.43. The normalized spacial score (nSPS) is 30.1. The third kappa shape index (κ3) is 2.56. The standard InChI is InChI=1S/C15H20N2O/c18-15(16-10-11-4-2-1-3-5-11)12-8-13-6-7-14(9-12)17-13/h1-5,12-14,17H,6-10H2,(H,16,18). The Morgan fingerprint density at radius 2 is 1.83 bits per heavy atom. The molecule has 1 amide bonds. The van der Waals surface area contributed by atoms with E-state index in [9.17, 15) is 4.79 Å². The van der Waals surface area contributed by atoms with Gasteiger partial charge in [-0.25, -0.2) is 0 Å². The lowest BCUT2D eigenvalue weighted by atomic mass is 9.91. The average Bonchev–Trinajstić information content (AvgIpc) is 2.76. The predicted molar refractivity (Wildman–Crippen MR) is 71.0 cm³/mol. The first-order valence-corrected chi connectivity index (χ1v) is 6.89. The Bertz CT molecular complexity index is 406. The van der Waals surface area contributed by atoms with E-state index in [0.29, 0.717) is 18.6 Å². The number of carbonyl (C=O) groups excluding carboxylic acids is 1. The molecule has 18 heavy (non-hydrogen) atoms. The van der Waals surface area contributed by atoms with Crippen molar-refractivity contribution >= 4 is 5.91 Å². The van der Waals surface area contributed by atoms with Crippen LogP contribution in [0.1, 0.15) is 31.2 Å². The molecule has 2 heterocycles. The third-order valence-electron chi connectivity index (χ3n) is 4.15. The molecular formula is C15H20N2O. The molecule has 1 aromatic rings. The molecule has 2 atom stereocenters. The average molecular weight is 244 g/mol. The van der Waals surface area contributed by atoms with Crippen molar-refractivity contribution in [1.82, 2.24) is 10.6 Å². The molecule has 2 saturated heterocycles. The Kier molecular flexibility index (Phi) is 3.33. The fourth-order valence-corrected chi connectivity index (χ4v) is 3.20. The zero-order chi connectivity index (χ0) is 12.4. The molecule has 2 fully saturated rings. The molecule has 2 aliphatic heterocycles. The summed E-state index contributed by atoms with van der Waals surface area (Å²) in [5.74, 6) is 0.449. The van der Waals surface area contributed by atoms with Crippen LogP contribution in [0.2, 0.25) is 0 Å². The molecule has 2 bridgehead atoms. The second-order valence-corrected chi connectivity index (χ2v) is 5.51. The fraction of sp³-hybridized carbons (Fsp3) is 0.533. The van der Waals surface area contributed by atoms with E-state index in [1.165, 1.54) is 18.4 Å². The topological polar surface area (TPSA) is 41.1 Å². The molecule has 0 saturated carbocycles. The van der Waals surface area contributed by atoms with Gasteiger partial charge in [0.25, 0.3) is 0 Å². The van der Waals surface area contributed by atoms with Crippen molar-refractivity contribution in [3.63, 3.8) is 0 Å². The van der Waals surface area contributed by atoms with Gasteiger partial charge in [0.1, 0.15) is 0 Å². The van der Waals surface area contributed by atoms with Crippen molar-refractivity contribution < 1.29 is 4.79 Å². The van der Waals surface area contributed by atoms with Crippen molar-refractivity contribution in [2.75, 3.05) is 0 Å². The molecule has 3 rings (SSSR count). The number of amides is 1. The van der Waals surface area contributed by atoms with Gasteiger partial charge in [0.2, 0.25) is 5.91 Å². The summed E-state index contributed by atoms with van der Waals surface area (Å²) in [5.41, 5.74) is 1.17. The van der Waals surface area contributed by atoms with Crippen molar-refractivity contribution in [2.45, 2.75) is 44.3 Å². The van der Waals surface area contributed by atoms with Crippen LogP contribution in [0.4, 0.5) is 0 Å². The quantitative estimate of drug-likeness (QED) is 0.851. The summed E-state index contributed by atoms with van der Waals surface area (Å²) in [5, 5.41) is 6.64. The first-order chi connectivity index (χ1) is 8.81. The maximum atomic E-state index is 12.2. The van der Waals surface area contributed by atoms with E-state index < -0.39 is 0 Å². The van der Waals surface area contributed by atoms with E-state index in [0.717, 1.165) is 12.8 Å². The highest BCUT2D eigenvalue weighted by molar-refractivity contribution is 5.78. The molecule has 2 aliphatic rings. The van der Waals surface area contributed by atoms with E-state index in [1.54, 1.807) is 0 Å². The van der Waals surface area contributed by atoms with Gasteiger partial charge in [-0.1, -0.05) is 30.3 Å². The minimum atomic E-state index is 0.215. The van der Waals surface area contributed by atoms with Gasteiger partial charge in [-0.2, -0.15) is 0 Å². The van der Waals surface area contributed by atoms with Gasteiger partial charge in [-0.3, -0.25) is 4.79 Å². The van der Waals surface area contributed by atoms with Gasteiger partial charge in [0.15, 0.2) is 0 Å². The number of nitrogens with one attached hydrogen (secondary N) is 2. The summed E-state index contributed by atoms with van der Waals surface area (Å²) in [7, 11) is 0. The first kappa shape index (κ1) is 11.7. The van der Waals surface area contributed by atoms with Crippen molar-refractivity contribution in [3.8, 4) is 0 Å². The number of fused-ring (bicyclic) bond motifs is 2. The minimum absolute atomic E-state index is 0.215. The summed E-state index contributed by atoms with van der Waals surface area (Å²) < 4.78 is 0. The highest BCUT2D eigenvalue weighted by atomic mass is 16.1. The Labute approximate surface area is 108 Å². The number of benzene rings is 1. The molecule has 1 aromatic carbocycles. The molecule has 96 valence electrons. The van der Waals surface area contributed by atoms with Gasteiger partial charge in [-0.15, -0.1) is 0 Å². The second-order valence-electron chi connectivity index (χ2n) is 5.51. The van der Waals surface area contributed by atoms with Crippen LogP contribution in [0.25, 0.3) is 0 Å². The summed E-state index contributed by atoms with van der Waals surface area (Å²) in [6.07, 6.45) is 4.51. The van der Waals surface area contributed by atoms with Gasteiger partial charge in [0, 0.05) is 24.5 Å². The fourth-order valence-electron chi connectivity index (χ4n) is 3.20. The summed E-state index contributed by atoms with van der Waals surface area (Å²) in [6.45, 7) is 0.652. The summed E-state index contributed by atoms with van der Waals surface area (Å²) >= 11 is 0. The van der Waals surface area contributed by atoms with Crippen LogP contribution in [0, 0.1) is 5.92 Å². The van der Waals surface area contributed by atoms with E-state index in [-0.39, 0.29) is 11.8 Å². The molecule has 0 spiro atoms. The number of hydrogen-bond acceptors (Lipinski definition) is 2. The highest BCUT2D eigenvalue weighted by Gasteiger charge is 2.36. The Morgan fingerprint density at radius 3 is 2.50 bits per heavy atom. The maximum Gasteiger partial charge on any atom is 0.223 e. The van der Waals surface area contributed by atoms with E-state index in [1.807, 2.05) is 30.3 Å². The van der Waals surface area contributed by atoms with E-state index >= 15 is 0 Å². The molecule has 0 radical (unpaired) electrons. The molecule has 3 nitrogen and oxygen atoms in total. The van der Waals surface area contributed by atoms with Gasteiger partial charge in [-0.05, 0) is 31.2 Å². The van der Waals surface area contributed by atoms with E-state index in [2.05, 4.69) is 10.6 Å².